The number of allylic oxidation sites excluding steroid dienone is 1. The van der Waals surface area contributed by atoms with E-state index in [0.717, 1.165) is 5.57 Å². The lowest BCUT2D eigenvalue weighted by Gasteiger charge is -2.33. The molecule has 2 rings (SSSR count). The van der Waals surface area contributed by atoms with E-state index in [-0.39, 0.29) is 36.0 Å². The Morgan fingerprint density at radius 2 is 1.74 bits per heavy atom. The van der Waals surface area contributed by atoms with Crippen molar-refractivity contribution < 1.29 is 30.6 Å². The molecule has 0 aliphatic heterocycles. The predicted octanol–water partition coefficient (Wildman–Crippen LogP) is 1.27. The Balaban J connectivity index is 2.35. The SMILES string of the molecule is CC1(CO)CC(Cc2cc(O)c(O)c(CO)c2)=CC(CO)=C1O. The van der Waals surface area contributed by atoms with Crippen molar-refractivity contribution in [3.63, 3.8) is 0 Å². The van der Waals surface area contributed by atoms with E-state index in [0.29, 0.717) is 24.0 Å². The second kappa shape index (κ2) is 6.62. The molecule has 0 fully saturated rings. The van der Waals surface area contributed by atoms with E-state index in [9.17, 15) is 30.6 Å². The summed E-state index contributed by atoms with van der Waals surface area (Å²) in [7, 11) is 0. The maximum atomic E-state index is 10.1. The number of phenols is 2. The van der Waals surface area contributed by atoms with E-state index >= 15 is 0 Å². The predicted molar refractivity (Wildman–Crippen MR) is 84.0 cm³/mol. The Bertz CT molecular complexity index is 661. The molecule has 0 saturated heterocycles. The molecule has 0 aromatic heterocycles. The highest BCUT2D eigenvalue weighted by atomic mass is 16.3. The van der Waals surface area contributed by atoms with E-state index < -0.39 is 12.0 Å². The number of rotatable bonds is 5. The van der Waals surface area contributed by atoms with Gasteiger partial charge in [-0.2, -0.15) is 0 Å². The zero-order valence-corrected chi connectivity index (χ0v) is 13.0. The molecule has 0 radical (unpaired) electrons. The van der Waals surface area contributed by atoms with E-state index in [1.54, 1.807) is 19.1 Å². The van der Waals surface area contributed by atoms with Crippen LogP contribution >= 0.6 is 0 Å². The Morgan fingerprint density at radius 1 is 1.04 bits per heavy atom. The summed E-state index contributed by atoms with van der Waals surface area (Å²) in [6.07, 6.45) is 2.47. The summed E-state index contributed by atoms with van der Waals surface area (Å²) in [5.74, 6) is -0.674. The third-order valence-corrected chi connectivity index (χ3v) is 4.22. The first-order chi connectivity index (χ1) is 10.8. The molecular formula is C17H22O6. The van der Waals surface area contributed by atoms with Gasteiger partial charge < -0.3 is 30.6 Å². The lowest BCUT2D eigenvalue weighted by Crippen LogP contribution is -2.29. The summed E-state index contributed by atoms with van der Waals surface area (Å²) < 4.78 is 0. The van der Waals surface area contributed by atoms with E-state index in [4.69, 9.17) is 0 Å². The van der Waals surface area contributed by atoms with Crippen LogP contribution in [0.1, 0.15) is 24.5 Å². The van der Waals surface area contributed by atoms with Gasteiger partial charge in [0.1, 0.15) is 5.76 Å². The molecule has 0 heterocycles. The summed E-state index contributed by atoms with van der Waals surface area (Å²) in [5.41, 5.74) is 1.25. The van der Waals surface area contributed by atoms with E-state index in [2.05, 4.69) is 0 Å². The molecule has 0 bridgehead atoms. The zero-order valence-electron chi connectivity index (χ0n) is 13.0. The fourth-order valence-corrected chi connectivity index (χ4v) is 2.93. The van der Waals surface area contributed by atoms with Gasteiger partial charge in [-0.15, -0.1) is 0 Å². The van der Waals surface area contributed by atoms with Crippen LogP contribution in [0.2, 0.25) is 0 Å². The van der Waals surface area contributed by atoms with Gasteiger partial charge in [-0.3, -0.25) is 0 Å². The first kappa shape index (κ1) is 17.3. The van der Waals surface area contributed by atoms with E-state index in [1.165, 1.54) is 6.07 Å². The summed E-state index contributed by atoms with van der Waals surface area (Å²) in [6.45, 7) is 0.706. The first-order valence-corrected chi connectivity index (χ1v) is 7.33. The van der Waals surface area contributed by atoms with Crippen molar-refractivity contribution in [2.75, 3.05) is 13.2 Å². The lowest BCUT2D eigenvalue weighted by atomic mass is 9.75. The smallest absolute Gasteiger partial charge is 0.163 e. The number of aliphatic hydroxyl groups excluding tert-OH is 4. The van der Waals surface area contributed by atoms with Gasteiger partial charge in [-0.05, 0) is 37.5 Å². The quantitative estimate of drug-likeness (QED) is 0.454. The van der Waals surface area contributed by atoms with Crippen LogP contribution in [0, 0.1) is 5.41 Å². The van der Waals surface area contributed by atoms with Crippen molar-refractivity contribution in [2.45, 2.75) is 26.4 Å². The molecule has 1 aliphatic carbocycles. The van der Waals surface area contributed by atoms with Crippen LogP contribution in [0.3, 0.4) is 0 Å². The third-order valence-electron chi connectivity index (χ3n) is 4.22. The molecule has 0 saturated carbocycles. The van der Waals surface area contributed by atoms with Gasteiger partial charge in [0, 0.05) is 11.1 Å². The zero-order chi connectivity index (χ0) is 17.2. The molecule has 126 valence electrons. The van der Waals surface area contributed by atoms with Crippen molar-refractivity contribution in [1.29, 1.82) is 0 Å². The van der Waals surface area contributed by atoms with Gasteiger partial charge in [0.25, 0.3) is 0 Å². The fraction of sp³-hybridized carbons (Fsp3) is 0.412. The van der Waals surface area contributed by atoms with Crippen LogP contribution in [0.25, 0.3) is 0 Å². The van der Waals surface area contributed by atoms with Crippen molar-refractivity contribution >= 4 is 0 Å². The molecule has 6 N–H and O–H groups in total. The third kappa shape index (κ3) is 3.34. The molecule has 6 heteroatoms. The highest BCUT2D eigenvalue weighted by molar-refractivity contribution is 5.49. The molecule has 0 amide bonds. The largest absolute Gasteiger partial charge is 0.511 e. The van der Waals surface area contributed by atoms with Crippen LogP contribution in [-0.4, -0.2) is 43.9 Å². The Labute approximate surface area is 134 Å². The molecule has 1 unspecified atom stereocenters. The Morgan fingerprint density at radius 3 is 2.30 bits per heavy atom. The van der Waals surface area contributed by atoms with E-state index in [1.807, 2.05) is 0 Å². The number of aromatic hydroxyl groups is 2. The summed E-state index contributed by atoms with van der Waals surface area (Å²) in [4.78, 5) is 0. The Kier molecular flexibility index (Phi) is 4.99. The second-order valence-corrected chi connectivity index (χ2v) is 6.19. The fourth-order valence-electron chi connectivity index (χ4n) is 2.93. The van der Waals surface area contributed by atoms with Crippen molar-refractivity contribution in [1.82, 2.24) is 0 Å². The summed E-state index contributed by atoms with van der Waals surface area (Å²) in [5, 5.41) is 57.7. The van der Waals surface area contributed by atoms with Gasteiger partial charge in [0.15, 0.2) is 11.5 Å². The average molecular weight is 322 g/mol. The minimum absolute atomic E-state index is 0.0177. The van der Waals surface area contributed by atoms with Gasteiger partial charge in [-0.25, -0.2) is 0 Å². The maximum Gasteiger partial charge on any atom is 0.163 e. The average Bonchev–Trinajstić information content (AvgIpc) is 2.53. The number of hydrogen-bond acceptors (Lipinski definition) is 6. The Hall–Kier alpha value is -2.02. The molecule has 0 spiro atoms. The number of benzene rings is 1. The van der Waals surface area contributed by atoms with Crippen LogP contribution in [-0.2, 0) is 13.0 Å². The van der Waals surface area contributed by atoms with Gasteiger partial charge >= 0.3 is 0 Å². The van der Waals surface area contributed by atoms with Crippen molar-refractivity contribution in [3.8, 4) is 11.5 Å². The van der Waals surface area contributed by atoms with Gasteiger partial charge in [0.05, 0.1) is 25.2 Å². The standard InChI is InChI=1S/C17H22O6/c1-17(9-20)6-11(4-13(8-19)16(17)23)2-10-3-12(7-18)15(22)14(21)5-10/h3-5,18-23H,2,6-9H2,1H3. The normalized spacial score (nSPS) is 21.5. The summed E-state index contributed by atoms with van der Waals surface area (Å²) in [6, 6.07) is 2.99. The lowest BCUT2D eigenvalue weighted by molar-refractivity contribution is 0.118. The summed E-state index contributed by atoms with van der Waals surface area (Å²) >= 11 is 0. The van der Waals surface area contributed by atoms with Crippen LogP contribution < -0.4 is 0 Å². The van der Waals surface area contributed by atoms with Crippen LogP contribution in [0.5, 0.6) is 11.5 Å². The van der Waals surface area contributed by atoms with Crippen LogP contribution in [0.15, 0.2) is 35.1 Å². The molecular weight excluding hydrogens is 300 g/mol. The molecule has 1 atom stereocenters. The highest BCUT2D eigenvalue weighted by Crippen LogP contribution is 2.40. The van der Waals surface area contributed by atoms with Crippen LogP contribution in [0.4, 0.5) is 0 Å². The second-order valence-electron chi connectivity index (χ2n) is 6.19. The number of phenolic OH excluding ortho intramolecular Hbond substituents is 1. The van der Waals surface area contributed by atoms with Gasteiger partial charge in [-0.1, -0.05) is 11.6 Å². The molecule has 6 nitrogen and oxygen atoms in total. The van der Waals surface area contributed by atoms with Gasteiger partial charge in [0.2, 0.25) is 0 Å². The molecule has 23 heavy (non-hydrogen) atoms. The molecule has 1 aromatic carbocycles. The molecule has 1 aromatic rings. The minimum Gasteiger partial charge on any atom is -0.511 e. The van der Waals surface area contributed by atoms with Crippen molar-refractivity contribution in [3.05, 3.63) is 46.2 Å². The molecule has 1 aliphatic rings. The highest BCUT2D eigenvalue weighted by Gasteiger charge is 2.34. The first-order valence-electron chi connectivity index (χ1n) is 7.33. The number of aliphatic hydroxyl groups is 4. The van der Waals surface area contributed by atoms with Crippen molar-refractivity contribution in [2.24, 2.45) is 5.41 Å². The topological polar surface area (TPSA) is 121 Å². The monoisotopic (exact) mass is 322 g/mol. The number of hydrogen-bond donors (Lipinski definition) is 6. The maximum absolute atomic E-state index is 10.1. The minimum atomic E-state index is -0.860.